The molecule has 0 fully saturated rings. The van der Waals surface area contributed by atoms with Gasteiger partial charge < -0.3 is 4.74 Å². The SMILES string of the molecule is C[Si](C)(C)CCOCn1c(Cl)nc2c(F)c(Br)cc(F)c2c1=O. The minimum Gasteiger partial charge on any atom is -0.361 e. The Kier molecular flexibility index (Phi) is 5.60. The maximum Gasteiger partial charge on any atom is 0.267 e. The number of ether oxygens (including phenoxy) is 1. The molecule has 1 aromatic carbocycles. The van der Waals surface area contributed by atoms with Crippen molar-refractivity contribution in [3.8, 4) is 0 Å². The Morgan fingerprint density at radius 1 is 1.39 bits per heavy atom. The van der Waals surface area contributed by atoms with Gasteiger partial charge in [0.1, 0.15) is 23.5 Å². The van der Waals surface area contributed by atoms with Crippen molar-refractivity contribution >= 4 is 46.5 Å². The fourth-order valence-corrected chi connectivity index (χ4v) is 3.26. The van der Waals surface area contributed by atoms with Crippen LogP contribution in [0.5, 0.6) is 0 Å². The van der Waals surface area contributed by atoms with Crippen molar-refractivity contribution in [3.05, 3.63) is 37.8 Å². The van der Waals surface area contributed by atoms with Crippen molar-refractivity contribution < 1.29 is 13.5 Å². The van der Waals surface area contributed by atoms with Crippen LogP contribution in [0.15, 0.2) is 15.3 Å². The molecule has 0 spiro atoms. The average Bonchev–Trinajstić information content (AvgIpc) is 2.42. The Morgan fingerprint density at radius 2 is 2.04 bits per heavy atom. The molecule has 1 heterocycles. The summed E-state index contributed by atoms with van der Waals surface area (Å²) in [5, 5.41) is -0.684. The van der Waals surface area contributed by atoms with Crippen LogP contribution in [0, 0.1) is 11.6 Å². The molecule has 0 unspecified atom stereocenters. The third-order valence-electron chi connectivity index (χ3n) is 3.25. The summed E-state index contributed by atoms with van der Waals surface area (Å²) in [6.45, 7) is 6.91. The van der Waals surface area contributed by atoms with E-state index in [1.807, 2.05) is 0 Å². The van der Waals surface area contributed by atoms with Crippen molar-refractivity contribution in [2.45, 2.75) is 32.4 Å². The Hall–Kier alpha value is -0.833. The Morgan fingerprint density at radius 3 is 2.65 bits per heavy atom. The van der Waals surface area contributed by atoms with Crippen LogP contribution < -0.4 is 5.56 Å². The van der Waals surface area contributed by atoms with Gasteiger partial charge in [-0.2, -0.15) is 0 Å². The van der Waals surface area contributed by atoms with Crippen LogP contribution in [0.25, 0.3) is 10.9 Å². The lowest BCUT2D eigenvalue weighted by Gasteiger charge is -2.16. The lowest BCUT2D eigenvalue weighted by atomic mass is 10.2. The molecule has 1 aromatic heterocycles. The maximum absolute atomic E-state index is 14.0. The van der Waals surface area contributed by atoms with E-state index in [1.165, 1.54) is 0 Å². The highest BCUT2D eigenvalue weighted by molar-refractivity contribution is 9.10. The van der Waals surface area contributed by atoms with Crippen molar-refractivity contribution in [2.24, 2.45) is 0 Å². The molecule has 126 valence electrons. The van der Waals surface area contributed by atoms with Gasteiger partial charge in [0.25, 0.3) is 5.56 Å². The van der Waals surface area contributed by atoms with Gasteiger partial charge in [0.15, 0.2) is 5.82 Å². The van der Waals surface area contributed by atoms with Gasteiger partial charge in [-0.25, -0.2) is 13.8 Å². The van der Waals surface area contributed by atoms with Crippen molar-refractivity contribution in [2.75, 3.05) is 6.61 Å². The van der Waals surface area contributed by atoms with E-state index in [4.69, 9.17) is 16.3 Å². The van der Waals surface area contributed by atoms with E-state index >= 15 is 0 Å². The molecule has 0 radical (unpaired) electrons. The van der Waals surface area contributed by atoms with Gasteiger partial charge in [0.2, 0.25) is 5.28 Å². The molecule has 0 N–H and O–H groups in total. The lowest BCUT2D eigenvalue weighted by molar-refractivity contribution is 0.0846. The molecule has 2 rings (SSSR count). The molecule has 9 heteroatoms. The standard InChI is InChI=1S/C14H16BrClF2N2O2Si/c1-23(2,3)5-4-22-7-20-13(21)10-9(17)6-8(15)11(18)12(10)19-14(20)16/h6H,4-5,7H2,1-3H3. The smallest absolute Gasteiger partial charge is 0.267 e. The van der Waals surface area contributed by atoms with E-state index in [2.05, 4.69) is 40.6 Å². The van der Waals surface area contributed by atoms with E-state index in [9.17, 15) is 13.6 Å². The van der Waals surface area contributed by atoms with Gasteiger partial charge in [-0.05, 0) is 39.6 Å². The summed E-state index contributed by atoms with van der Waals surface area (Å²) >= 11 is 8.81. The molecule has 0 amide bonds. The number of halogens is 4. The van der Waals surface area contributed by atoms with Crippen molar-refractivity contribution in [1.29, 1.82) is 0 Å². The molecule has 2 aromatic rings. The van der Waals surface area contributed by atoms with E-state index in [-0.39, 0.29) is 16.5 Å². The second kappa shape index (κ2) is 6.96. The highest BCUT2D eigenvalue weighted by atomic mass is 79.9. The average molecular weight is 426 g/mol. The Bertz CT molecular complexity index is 808. The van der Waals surface area contributed by atoms with Gasteiger partial charge >= 0.3 is 0 Å². The number of benzene rings is 1. The predicted molar refractivity (Wildman–Crippen MR) is 92.7 cm³/mol. The molecule has 0 aliphatic rings. The third-order valence-corrected chi connectivity index (χ3v) is 5.82. The quantitative estimate of drug-likeness (QED) is 0.309. The lowest BCUT2D eigenvalue weighted by Crippen LogP contribution is -2.26. The zero-order chi connectivity index (χ0) is 17.4. The molecule has 0 saturated heterocycles. The molecule has 0 saturated carbocycles. The molecular formula is C14H16BrClF2N2O2Si. The monoisotopic (exact) mass is 424 g/mol. The van der Waals surface area contributed by atoms with Crippen LogP contribution in [0.2, 0.25) is 31.0 Å². The summed E-state index contributed by atoms with van der Waals surface area (Å²) in [7, 11) is -1.26. The minimum absolute atomic E-state index is 0.116. The number of hydrogen-bond acceptors (Lipinski definition) is 3. The molecular weight excluding hydrogens is 410 g/mol. The summed E-state index contributed by atoms with van der Waals surface area (Å²) in [4.78, 5) is 16.2. The van der Waals surface area contributed by atoms with Gasteiger partial charge in [0, 0.05) is 14.7 Å². The second-order valence-corrected chi connectivity index (χ2v) is 13.2. The summed E-state index contributed by atoms with van der Waals surface area (Å²) in [6.07, 6.45) is 0. The fourth-order valence-electron chi connectivity index (χ4n) is 1.91. The van der Waals surface area contributed by atoms with Gasteiger partial charge in [-0.3, -0.25) is 9.36 Å². The highest BCUT2D eigenvalue weighted by Gasteiger charge is 2.19. The van der Waals surface area contributed by atoms with Gasteiger partial charge in [-0.15, -0.1) is 0 Å². The van der Waals surface area contributed by atoms with Gasteiger partial charge in [-0.1, -0.05) is 19.6 Å². The predicted octanol–water partition coefficient (Wildman–Crippen LogP) is 4.40. The van der Waals surface area contributed by atoms with E-state index in [0.717, 1.165) is 16.7 Å². The largest absolute Gasteiger partial charge is 0.361 e. The second-order valence-electron chi connectivity index (χ2n) is 6.34. The molecule has 23 heavy (non-hydrogen) atoms. The summed E-state index contributed by atoms with van der Waals surface area (Å²) < 4.78 is 34.3. The van der Waals surface area contributed by atoms with E-state index < -0.39 is 36.2 Å². The zero-order valence-electron chi connectivity index (χ0n) is 12.9. The molecule has 0 aliphatic heterocycles. The first-order valence-corrected chi connectivity index (χ1v) is 11.8. The highest BCUT2D eigenvalue weighted by Crippen LogP contribution is 2.25. The van der Waals surface area contributed by atoms with E-state index in [1.54, 1.807) is 0 Å². The first kappa shape index (κ1) is 18.5. The molecule has 0 bridgehead atoms. The summed E-state index contributed by atoms with van der Waals surface area (Å²) in [5.74, 6) is -1.69. The van der Waals surface area contributed by atoms with Crippen LogP contribution in [0.3, 0.4) is 0 Å². The molecule has 0 aliphatic carbocycles. The topological polar surface area (TPSA) is 44.1 Å². The summed E-state index contributed by atoms with van der Waals surface area (Å²) in [5.41, 5.74) is -1.16. The van der Waals surface area contributed by atoms with E-state index in [0.29, 0.717) is 6.61 Å². The number of rotatable bonds is 5. The van der Waals surface area contributed by atoms with Crippen LogP contribution in [0.1, 0.15) is 0 Å². The number of hydrogen-bond donors (Lipinski definition) is 0. The maximum atomic E-state index is 14.0. The zero-order valence-corrected chi connectivity index (χ0v) is 16.3. The number of aromatic nitrogens is 2. The minimum atomic E-state index is -1.26. The number of fused-ring (bicyclic) bond motifs is 1. The first-order valence-electron chi connectivity index (χ1n) is 6.93. The van der Waals surface area contributed by atoms with Gasteiger partial charge in [0.05, 0.1) is 4.47 Å². The Balaban J connectivity index is 2.37. The van der Waals surface area contributed by atoms with Crippen LogP contribution in [0.4, 0.5) is 8.78 Å². The first-order chi connectivity index (χ1) is 10.6. The van der Waals surface area contributed by atoms with Crippen LogP contribution >= 0.6 is 27.5 Å². The van der Waals surface area contributed by atoms with Crippen LogP contribution in [-0.2, 0) is 11.5 Å². The number of nitrogens with zero attached hydrogens (tertiary/aromatic N) is 2. The normalized spacial score (nSPS) is 12.1. The van der Waals surface area contributed by atoms with Crippen molar-refractivity contribution in [1.82, 2.24) is 9.55 Å². The van der Waals surface area contributed by atoms with Crippen molar-refractivity contribution in [3.63, 3.8) is 0 Å². The molecule has 0 atom stereocenters. The Labute approximate surface area is 146 Å². The summed E-state index contributed by atoms with van der Waals surface area (Å²) in [6, 6.07) is 1.81. The van der Waals surface area contributed by atoms with Crippen LogP contribution in [-0.4, -0.2) is 24.2 Å². The third kappa shape index (κ3) is 4.17. The fraction of sp³-hybridized carbons (Fsp3) is 0.429. The molecule has 4 nitrogen and oxygen atoms in total.